The lowest BCUT2D eigenvalue weighted by Gasteiger charge is -2.10. The van der Waals surface area contributed by atoms with Crippen LogP contribution >= 0.6 is 46.4 Å². The van der Waals surface area contributed by atoms with Crippen molar-refractivity contribution in [3.63, 3.8) is 0 Å². The smallest absolute Gasteiger partial charge is 0.197 e. The zero-order valence-electron chi connectivity index (χ0n) is 11.5. The Morgan fingerprint density at radius 3 is 1.35 bits per heavy atom. The Kier molecular flexibility index (Phi) is 4.69. The van der Waals surface area contributed by atoms with E-state index in [-0.39, 0.29) is 5.43 Å². The molecule has 0 aliphatic carbocycles. The fraction of sp³-hybridized carbons (Fsp3) is 0. The molecule has 3 aromatic rings. The molecular weight excluding hydrogens is 376 g/mol. The molecule has 0 aliphatic heterocycles. The van der Waals surface area contributed by atoms with E-state index in [1.165, 1.54) is 0 Å². The van der Waals surface area contributed by atoms with Crippen LogP contribution in [0.3, 0.4) is 0 Å². The van der Waals surface area contributed by atoms with Crippen LogP contribution in [0.15, 0.2) is 53.6 Å². The van der Waals surface area contributed by atoms with E-state index >= 15 is 0 Å². The summed E-state index contributed by atoms with van der Waals surface area (Å²) in [6, 6.07) is 10.2. The Balaban J connectivity index is 2.31. The van der Waals surface area contributed by atoms with Crippen molar-refractivity contribution in [3.8, 4) is 22.3 Å². The molecule has 1 heterocycles. The van der Waals surface area contributed by atoms with Crippen molar-refractivity contribution in [2.24, 2.45) is 0 Å². The van der Waals surface area contributed by atoms with Gasteiger partial charge in [0.05, 0.1) is 20.1 Å². The van der Waals surface area contributed by atoms with E-state index in [9.17, 15) is 4.79 Å². The second-order valence-corrected chi connectivity index (χ2v) is 6.43. The van der Waals surface area contributed by atoms with Crippen LogP contribution in [0.25, 0.3) is 22.3 Å². The SMILES string of the molecule is O=c1c(-c2c(Cl)cccc2Cl)c[nH]cc1-c1c(Cl)cccc1Cl. The van der Waals surface area contributed by atoms with E-state index in [2.05, 4.69) is 4.98 Å². The first-order valence-corrected chi connectivity index (χ1v) is 8.11. The molecule has 1 aromatic heterocycles. The van der Waals surface area contributed by atoms with Gasteiger partial charge in [0.1, 0.15) is 0 Å². The van der Waals surface area contributed by atoms with Crippen LogP contribution in [0.2, 0.25) is 20.1 Å². The number of rotatable bonds is 2. The lowest BCUT2D eigenvalue weighted by atomic mass is 10.0. The quantitative estimate of drug-likeness (QED) is 0.550. The van der Waals surface area contributed by atoms with E-state index in [1.54, 1.807) is 48.8 Å². The number of hydrogen-bond donors (Lipinski definition) is 1. The van der Waals surface area contributed by atoms with Crippen LogP contribution in [-0.2, 0) is 0 Å². The topological polar surface area (TPSA) is 32.9 Å². The van der Waals surface area contributed by atoms with E-state index in [4.69, 9.17) is 46.4 Å². The Morgan fingerprint density at radius 1 is 0.652 bits per heavy atom. The minimum absolute atomic E-state index is 0.256. The van der Waals surface area contributed by atoms with Crippen LogP contribution in [0.5, 0.6) is 0 Å². The van der Waals surface area contributed by atoms with Crippen molar-refractivity contribution < 1.29 is 0 Å². The highest BCUT2D eigenvalue weighted by molar-refractivity contribution is 6.40. The highest BCUT2D eigenvalue weighted by Crippen LogP contribution is 2.36. The van der Waals surface area contributed by atoms with Gasteiger partial charge in [-0.3, -0.25) is 4.79 Å². The average molecular weight is 385 g/mol. The van der Waals surface area contributed by atoms with Crippen molar-refractivity contribution in [3.05, 3.63) is 79.1 Å². The number of pyridine rings is 1. The third-order valence-corrected chi connectivity index (χ3v) is 4.67. The maximum atomic E-state index is 12.9. The lowest BCUT2D eigenvalue weighted by Crippen LogP contribution is -2.09. The fourth-order valence-corrected chi connectivity index (χ4v) is 3.57. The molecule has 2 aromatic carbocycles. The molecule has 0 amide bonds. The van der Waals surface area contributed by atoms with Crippen molar-refractivity contribution >= 4 is 46.4 Å². The predicted molar refractivity (Wildman–Crippen MR) is 98.0 cm³/mol. The van der Waals surface area contributed by atoms with Crippen molar-refractivity contribution in [1.29, 1.82) is 0 Å². The molecule has 2 nitrogen and oxygen atoms in total. The molecule has 23 heavy (non-hydrogen) atoms. The molecule has 0 saturated carbocycles. The summed E-state index contributed by atoms with van der Waals surface area (Å²) in [4.78, 5) is 15.9. The lowest BCUT2D eigenvalue weighted by molar-refractivity contribution is 1.30. The second kappa shape index (κ2) is 6.58. The maximum Gasteiger partial charge on any atom is 0.197 e. The van der Waals surface area contributed by atoms with Gasteiger partial charge in [-0.1, -0.05) is 58.5 Å². The molecule has 3 rings (SSSR count). The standard InChI is InChI=1S/C17H9Cl4NO/c18-11-3-1-4-12(19)15(11)9-7-22-8-10(17(9)23)16-13(20)5-2-6-14(16)21/h1-8H,(H,22,23). The van der Waals surface area contributed by atoms with Gasteiger partial charge in [-0.2, -0.15) is 0 Å². The zero-order chi connectivity index (χ0) is 16.6. The van der Waals surface area contributed by atoms with Gasteiger partial charge in [-0.25, -0.2) is 0 Å². The van der Waals surface area contributed by atoms with E-state index in [0.717, 1.165) is 0 Å². The molecule has 0 radical (unpaired) electrons. The number of benzene rings is 2. The maximum absolute atomic E-state index is 12.9. The van der Waals surface area contributed by atoms with Gasteiger partial charge in [0.2, 0.25) is 0 Å². The summed E-state index contributed by atoms with van der Waals surface area (Å²) < 4.78 is 0. The highest BCUT2D eigenvalue weighted by atomic mass is 35.5. The minimum Gasteiger partial charge on any atom is -0.366 e. The zero-order valence-corrected chi connectivity index (χ0v) is 14.6. The van der Waals surface area contributed by atoms with Gasteiger partial charge in [-0.05, 0) is 24.3 Å². The Labute approximate surface area is 152 Å². The van der Waals surface area contributed by atoms with Gasteiger partial charge in [-0.15, -0.1) is 0 Å². The Morgan fingerprint density at radius 2 is 1.00 bits per heavy atom. The Hall–Kier alpha value is -1.45. The van der Waals surface area contributed by atoms with Crippen molar-refractivity contribution in [2.75, 3.05) is 0 Å². The highest BCUT2D eigenvalue weighted by Gasteiger charge is 2.17. The van der Waals surface area contributed by atoms with E-state index < -0.39 is 0 Å². The normalized spacial score (nSPS) is 10.8. The van der Waals surface area contributed by atoms with Crippen molar-refractivity contribution in [1.82, 2.24) is 4.98 Å². The molecule has 1 N–H and O–H groups in total. The molecule has 0 saturated heterocycles. The second-order valence-electron chi connectivity index (χ2n) is 4.81. The molecule has 0 unspecified atom stereocenters. The van der Waals surface area contributed by atoms with E-state index in [1.807, 2.05) is 0 Å². The summed E-state index contributed by atoms with van der Waals surface area (Å²) in [6.45, 7) is 0. The molecular formula is C17H9Cl4NO. The average Bonchev–Trinajstić information content (AvgIpc) is 2.50. The summed E-state index contributed by atoms with van der Waals surface area (Å²) >= 11 is 24.8. The van der Waals surface area contributed by atoms with Crippen LogP contribution in [0.1, 0.15) is 0 Å². The molecule has 0 atom stereocenters. The van der Waals surface area contributed by atoms with Crippen LogP contribution in [-0.4, -0.2) is 4.98 Å². The third-order valence-electron chi connectivity index (χ3n) is 3.41. The number of H-pyrrole nitrogens is 1. The summed E-state index contributed by atoms with van der Waals surface area (Å²) in [7, 11) is 0. The number of aromatic nitrogens is 1. The molecule has 6 heteroatoms. The van der Waals surface area contributed by atoms with Gasteiger partial charge < -0.3 is 4.98 Å². The number of aromatic amines is 1. The first-order valence-electron chi connectivity index (χ1n) is 6.60. The molecule has 0 aliphatic rings. The number of hydrogen-bond acceptors (Lipinski definition) is 1. The molecule has 116 valence electrons. The van der Waals surface area contributed by atoms with Gasteiger partial charge in [0, 0.05) is 34.6 Å². The fourth-order valence-electron chi connectivity index (χ4n) is 2.37. The number of halogens is 4. The monoisotopic (exact) mass is 383 g/mol. The van der Waals surface area contributed by atoms with Crippen LogP contribution in [0.4, 0.5) is 0 Å². The molecule has 0 fully saturated rings. The summed E-state index contributed by atoms with van der Waals surface area (Å²) in [5.74, 6) is 0. The summed E-state index contributed by atoms with van der Waals surface area (Å²) in [6.07, 6.45) is 3.12. The van der Waals surface area contributed by atoms with Crippen LogP contribution < -0.4 is 5.43 Å². The van der Waals surface area contributed by atoms with Gasteiger partial charge in [0.25, 0.3) is 0 Å². The first kappa shape index (κ1) is 16.4. The predicted octanol–water partition coefficient (Wildman–Crippen LogP) is 6.32. The van der Waals surface area contributed by atoms with Crippen molar-refractivity contribution in [2.45, 2.75) is 0 Å². The minimum atomic E-state index is -0.256. The molecule has 0 bridgehead atoms. The summed E-state index contributed by atoms with van der Waals surface area (Å²) in [5, 5.41) is 1.58. The number of nitrogens with one attached hydrogen (secondary N) is 1. The molecule has 0 spiro atoms. The van der Waals surface area contributed by atoms with Gasteiger partial charge >= 0.3 is 0 Å². The largest absolute Gasteiger partial charge is 0.366 e. The summed E-state index contributed by atoms with van der Waals surface area (Å²) in [5.41, 5.74) is 1.40. The third kappa shape index (κ3) is 3.00. The van der Waals surface area contributed by atoms with Crippen LogP contribution in [0, 0.1) is 0 Å². The Bertz CT molecular complexity index is 836. The first-order chi connectivity index (χ1) is 11.0. The van der Waals surface area contributed by atoms with E-state index in [0.29, 0.717) is 42.3 Å². The van der Waals surface area contributed by atoms with Gasteiger partial charge in [0.15, 0.2) is 5.43 Å².